The van der Waals surface area contributed by atoms with Crippen molar-refractivity contribution in [2.75, 3.05) is 11.9 Å². The Labute approximate surface area is 174 Å². The minimum absolute atomic E-state index is 0.146. The van der Waals surface area contributed by atoms with Crippen LogP contribution in [0.25, 0.3) is 0 Å². The number of amides is 1. The number of nitrogens with one attached hydrogen (secondary N) is 2. The molecule has 0 saturated carbocycles. The van der Waals surface area contributed by atoms with Gasteiger partial charge in [0.2, 0.25) is 0 Å². The number of carbonyl (C=O) groups is 3. The molecule has 0 radical (unpaired) electrons. The lowest BCUT2D eigenvalue weighted by Gasteiger charge is -2.15. The van der Waals surface area contributed by atoms with Crippen molar-refractivity contribution in [3.05, 3.63) is 41.9 Å². The summed E-state index contributed by atoms with van der Waals surface area (Å²) in [6.45, 7) is 4.21. The van der Waals surface area contributed by atoms with Gasteiger partial charge in [0.25, 0.3) is 15.9 Å². The number of hydrogen-bond donors (Lipinski definition) is 2. The number of nitrogens with zero attached hydrogens (tertiary/aromatic N) is 2. The van der Waals surface area contributed by atoms with E-state index in [1.54, 1.807) is 42.8 Å². The molecule has 11 heteroatoms. The lowest BCUT2D eigenvalue weighted by molar-refractivity contribution is -0.152. The highest BCUT2D eigenvalue weighted by molar-refractivity contribution is 7.89. The largest absolute Gasteiger partial charge is 0.452 e. The van der Waals surface area contributed by atoms with E-state index < -0.39 is 28.0 Å². The Bertz CT molecular complexity index is 1040. The van der Waals surface area contributed by atoms with Crippen LogP contribution in [-0.2, 0) is 31.4 Å². The fourth-order valence-electron chi connectivity index (χ4n) is 2.46. The Balaban J connectivity index is 1.86. The molecule has 1 heterocycles. The third kappa shape index (κ3) is 5.97. The van der Waals surface area contributed by atoms with E-state index in [1.165, 1.54) is 20.0 Å². The Morgan fingerprint density at radius 2 is 1.90 bits per heavy atom. The molecule has 0 saturated heterocycles. The van der Waals surface area contributed by atoms with Gasteiger partial charge in [0, 0.05) is 25.4 Å². The first-order valence-corrected chi connectivity index (χ1v) is 10.6. The van der Waals surface area contributed by atoms with Crippen molar-refractivity contribution in [1.82, 2.24) is 14.3 Å². The van der Waals surface area contributed by atoms with E-state index in [-0.39, 0.29) is 23.8 Å². The number of Topliss-reactive ketones (excluding diaryl/α,β-unsaturated/α-hetero) is 1. The van der Waals surface area contributed by atoms with Gasteiger partial charge < -0.3 is 14.6 Å². The summed E-state index contributed by atoms with van der Waals surface area (Å²) >= 11 is 0. The second kappa shape index (κ2) is 9.63. The fraction of sp³-hybridized carbons (Fsp3) is 0.368. The Kier molecular flexibility index (Phi) is 7.46. The van der Waals surface area contributed by atoms with E-state index in [1.807, 2.05) is 0 Å². The van der Waals surface area contributed by atoms with Crippen molar-refractivity contribution in [2.45, 2.75) is 38.3 Å². The maximum absolute atomic E-state index is 12.3. The SMILES string of the molecule is CC(=O)c1ccccc1NC(=O)C(C)OC(=O)CCNS(=O)(=O)c1cn(C)c(C)n1. The second-order valence-electron chi connectivity index (χ2n) is 6.61. The lowest BCUT2D eigenvalue weighted by atomic mass is 10.1. The summed E-state index contributed by atoms with van der Waals surface area (Å²) in [5, 5.41) is 2.40. The molecule has 0 bridgehead atoms. The van der Waals surface area contributed by atoms with E-state index in [2.05, 4.69) is 15.0 Å². The molecule has 30 heavy (non-hydrogen) atoms. The number of ether oxygens (including phenoxy) is 1. The summed E-state index contributed by atoms with van der Waals surface area (Å²) in [6.07, 6.45) is -0.0406. The van der Waals surface area contributed by atoms with Gasteiger partial charge in [0.15, 0.2) is 16.9 Å². The van der Waals surface area contributed by atoms with Gasteiger partial charge >= 0.3 is 5.97 Å². The summed E-state index contributed by atoms with van der Waals surface area (Å²) in [7, 11) is -2.19. The number of aryl methyl sites for hydroxylation is 2. The van der Waals surface area contributed by atoms with Crippen LogP contribution in [0.15, 0.2) is 35.5 Å². The first-order chi connectivity index (χ1) is 14.0. The van der Waals surface area contributed by atoms with Gasteiger partial charge in [0.1, 0.15) is 5.82 Å². The zero-order valence-electron chi connectivity index (χ0n) is 17.1. The molecule has 1 atom stereocenters. The molecule has 0 aliphatic rings. The van der Waals surface area contributed by atoms with Crippen molar-refractivity contribution in [1.29, 1.82) is 0 Å². The fourth-order valence-corrected chi connectivity index (χ4v) is 3.53. The van der Waals surface area contributed by atoms with E-state index in [9.17, 15) is 22.8 Å². The summed E-state index contributed by atoms with van der Waals surface area (Å²) in [5.74, 6) is -1.05. The molecule has 1 aromatic heterocycles. The van der Waals surface area contributed by atoms with Crippen LogP contribution in [-0.4, -0.2) is 48.3 Å². The number of benzene rings is 1. The van der Waals surface area contributed by atoms with Gasteiger partial charge in [-0.2, -0.15) is 0 Å². The Morgan fingerprint density at radius 1 is 1.23 bits per heavy atom. The second-order valence-corrected chi connectivity index (χ2v) is 8.32. The van der Waals surface area contributed by atoms with Crippen LogP contribution in [0.4, 0.5) is 5.69 Å². The third-order valence-corrected chi connectivity index (χ3v) is 5.56. The standard InChI is InChI=1S/C19H24N4O6S/c1-12(24)15-7-5-6-8-16(15)22-19(26)13(2)29-18(25)9-10-20-30(27,28)17-11-23(4)14(3)21-17/h5-8,11,13,20H,9-10H2,1-4H3,(H,22,26). The summed E-state index contributed by atoms with van der Waals surface area (Å²) in [6, 6.07) is 6.47. The molecule has 0 fully saturated rings. The van der Waals surface area contributed by atoms with Gasteiger partial charge in [-0.3, -0.25) is 14.4 Å². The van der Waals surface area contributed by atoms with Crippen LogP contribution in [0.1, 0.15) is 36.5 Å². The van der Waals surface area contributed by atoms with E-state index >= 15 is 0 Å². The monoisotopic (exact) mass is 436 g/mol. The number of esters is 1. The highest BCUT2D eigenvalue weighted by atomic mass is 32.2. The molecular formula is C19H24N4O6S. The summed E-state index contributed by atoms with van der Waals surface area (Å²) in [4.78, 5) is 39.8. The van der Waals surface area contributed by atoms with Crippen LogP contribution in [0.2, 0.25) is 0 Å². The first-order valence-electron chi connectivity index (χ1n) is 9.11. The van der Waals surface area contributed by atoms with E-state index in [0.29, 0.717) is 17.1 Å². The third-order valence-electron chi connectivity index (χ3n) is 4.22. The van der Waals surface area contributed by atoms with Gasteiger partial charge in [-0.25, -0.2) is 18.1 Å². The average Bonchev–Trinajstić information content (AvgIpc) is 3.01. The van der Waals surface area contributed by atoms with Crippen LogP contribution in [0, 0.1) is 6.92 Å². The molecule has 0 spiro atoms. The maximum atomic E-state index is 12.3. The molecule has 10 nitrogen and oxygen atoms in total. The number of carbonyl (C=O) groups excluding carboxylic acids is 3. The normalized spacial score (nSPS) is 12.3. The molecule has 2 aromatic rings. The van der Waals surface area contributed by atoms with Crippen molar-refractivity contribution < 1.29 is 27.5 Å². The van der Waals surface area contributed by atoms with Gasteiger partial charge in [-0.05, 0) is 32.9 Å². The number of anilines is 1. The van der Waals surface area contributed by atoms with E-state index in [4.69, 9.17) is 4.74 Å². The van der Waals surface area contributed by atoms with Crippen molar-refractivity contribution in [3.63, 3.8) is 0 Å². The molecule has 0 aliphatic heterocycles. The minimum Gasteiger partial charge on any atom is -0.452 e. The molecule has 1 amide bonds. The number of imidazole rings is 1. The minimum atomic E-state index is -3.86. The zero-order chi connectivity index (χ0) is 22.5. The number of aromatic nitrogens is 2. The van der Waals surface area contributed by atoms with Crippen molar-refractivity contribution in [2.24, 2.45) is 7.05 Å². The quantitative estimate of drug-likeness (QED) is 0.445. The highest BCUT2D eigenvalue weighted by Crippen LogP contribution is 2.16. The zero-order valence-corrected chi connectivity index (χ0v) is 17.9. The molecule has 2 rings (SSSR count). The molecule has 162 valence electrons. The molecule has 1 aromatic carbocycles. The molecular weight excluding hydrogens is 412 g/mol. The van der Waals surface area contributed by atoms with Crippen molar-refractivity contribution >= 4 is 33.4 Å². The van der Waals surface area contributed by atoms with E-state index in [0.717, 1.165) is 0 Å². The lowest BCUT2D eigenvalue weighted by Crippen LogP contribution is -2.32. The number of sulfonamides is 1. The van der Waals surface area contributed by atoms with Gasteiger partial charge in [-0.1, -0.05) is 12.1 Å². The predicted molar refractivity (Wildman–Crippen MR) is 108 cm³/mol. The van der Waals surface area contributed by atoms with Crippen LogP contribution in [0.3, 0.4) is 0 Å². The predicted octanol–water partition coefficient (Wildman–Crippen LogP) is 1.17. The van der Waals surface area contributed by atoms with Gasteiger partial charge in [-0.15, -0.1) is 0 Å². The van der Waals surface area contributed by atoms with Crippen LogP contribution >= 0.6 is 0 Å². The summed E-state index contributed by atoms with van der Waals surface area (Å²) in [5.41, 5.74) is 0.653. The number of ketones is 1. The van der Waals surface area contributed by atoms with Gasteiger partial charge in [0.05, 0.1) is 12.1 Å². The highest BCUT2D eigenvalue weighted by Gasteiger charge is 2.21. The van der Waals surface area contributed by atoms with Crippen molar-refractivity contribution in [3.8, 4) is 0 Å². The smallest absolute Gasteiger partial charge is 0.307 e. The summed E-state index contributed by atoms with van der Waals surface area (Å²) < 4.78 is 33.2. The number of rotatable bonds is 9. The van der Waals surface area contributed by atoms with Crippen LogP contribution < -0.4 is 10.0 Å². The average molecular weight is 436 g/mol. The maximum Gasteiger partial charge on any atom is 0.307 e. The molecule has 1 unspecified atom stereocenters. The number of para-hydroxylation sites is 1. The topological polar surface area (TPSA) is 136 Å². The molecule has 0 aliphatic carbocycles. The first kappa shape index (κ1) is 23.2. The Morgan fingerprint density at radius 3 is 2.50 bits per heavy atom. The van der Waals surface area contributed by atoms with Crippen LogP contribution in [0.5, 0.6) is 0 Å². The Hall–Kier alpha value is -3.05. The number of hydrogen-bond acceptors (Lipinski definition) is 7. The molecule has 2 N–H and O–H groups in total.